The van der Waals surface area contributed by atoms with E-state index in [-0.39, 0.29) is 4.90 Å². The number of benzene rings is 2. The lowest BCUT2D eigenvalue weighted by atomic mass is 10.3. The molecule has 0 atom stereocenters. The Morgan fingerprint density at radius 3 is 2.42 bits per heavy atom. The van der Waals surface area contributed by atoms with Gasteiger partial charge in [0.1, 0.15) is 13.2 Å². The molecule has 7 nitrogen and oxygen atoms in total. The van der Waals surface area contributed by atoms with Gasteiger partial charge in [-0.05, 0) is 42.8 Å². The van der Waals surface area contributed by atoms with Gasteiger partial charge in [-0.1, -0.05) is 0 Å². The van der Waals surface area contributed by atoms with E-state index in [0.29, 0.717) is 37.0 Å². The van der Waals surface area contributed by atoms with Crippen LogP contribution < -0.4 is 19.5 Å². The molecule has 0 unspecified atom stereocenters. The Morgan fingerprint density at radius 2 is 1.69 bits per heavy atom. The van der Waals surface area contributed by atoms with E-state index in [9.17, 15) is 8.42 Å². The van der Waals surface area contributed by atoms with Crippen LogP contribution in [-0.2, 0) is 14.8 Å². The van der Waals surface area contributed by atoms with E-state index in [4.69, 9.17) is 14.2 Å². The third-order valence-electron chi connectivity index (χ3n) is 3.82. The van der Waals surface area contributed by atoms with Crippen molar-refractivity contribution in [2.24, 2.45) is 0 Å². The molecule has 0 aliphatic carbocycles. The number of sulfonamides is 1. The molecular formula is C18H22N2O5S. The summed E-state index contributed by atoms with van der Waals surface area (Å²) >= 11 is 0. The van der Waals surface area contributed by atoms with Crippen LogP contribution in [0, 0.1) is 0 Å². The SMILES string of the molecule is COCCCNc1ccc(NS(=O)(=O)c2ccc3c(c2)OCCO3)cc1. The molecule has 0 radical (unpaired) electrons. The molecule has 2 N–H and O–H groups in total. The molecule has 0 amide bonds. The van der Waals surface area contributed by atoms with Crippen molar-refractivity contribution in [3.63, 3.8) is 0 Å². The van der Waals surface area contributed by atoms with Crippen molar-refractivity contribution in [1.29, 1.82) is 0 Å². The van der Waals surface area contributed by atoms with Crippen LogP contribution in [0.15, 0.2) is 47.4 Å². The fourth-order valence-electron chi connectivity index (χ4n) is 2.51. The maximum absolute atomic E-state index is 12.6. The molecule has 1 aliphatic rings. The van der Waals surface area contributed by atoms with Gasteiger partial charge in [0.05, 0.1) is 4.90 Å². The van der Waals surface area contributed by atoms with Gasteiger partial charge >= 0.3 is 0 Å². The first-order chi connectivity index (χ1) is 12.6. The number of fused-ring (bicyclic) bond motifs is 1. The number of ether oxygens (including phenoxy) is 3. The predicted octanol–water partition coefficient (Wildman–Crippen LogP) is 2.71. The highest BCUT2D eigenvalue weighted by Gasteiger charge is 2.19. The van der Waals surface area contributed by atoms with Gasteiger partial charge in [0.25, 0.3) is 10.0 Å². The average molecular weight is 378 g/mol. The van der Waals surface area contributed by atoms with E-state index in [1.165, 1.54) is 12.1 Å². The van der Waals surface area contributed by atoms with Gasteiger partial charge in [-0.3, -0.25) is 4.72 Å². The van der Waals surface area contributed by atoms with Crippen LogP contribution in [0.25, 0.3) is 0 Å². The second-order valence-corrected chi connectivity index (χ2v) is 7.44. The highest BCUT2D eigenvalue weighted by Crippen LogP contribution is 2.32. The van der Waals surface area contributed by atoms with Gasteiger partial charge in [0.2, 0.25) is 0 Å². The number of nitrogens with one attached hydrogen (secondary N) is 2. The Balaban J connectivity index is 1.65. The lowest BCUT2D eigenvalue weighted by Gasteiger charge is -2.19. The molecule has 26 heavy (non-hydrogen) atoms. The summed E-state index contributed by atoms with van der Waals surface area (Å²) in [5.74, 6) is 0.994. The third-order valence-corrected chi connectivity index (χ3v) is 5.19. The van der Waals surface area contributed by atoms with Crippen LogP contribution in [0.1, 0.15) is 6.42 Å². The molecule has 3 rings (SSSR count). The summed E-state index contributed by atoms with van der Waals surface area (Å²) in [5.41, 5.74) is 1.41. The molecule has 0 saturated heterocycles. The smallest absolute Gasteiger partial charge is 0.262 e. The van der Waals surface area contributed by atoms with Crippen LogP contribution in [0.4, 0.5) is 11.4 Å². The Morgan fingerprint density at radius 1 is 1.00 bits per heavy atom. The van der Waals surface area contributed by atoms with Gasteiger partial charge in [-0.2, -0.15) is 0 Å². The summed E-state index contributed by atoms with van der Waals surface area (Å²) in [5, 5.41) is 3.25. The number of hydrogen-bond acceptors (Lipinski definition) is 6. The fraction of sp³-hybridized carbons (Fsp3) is 0.333. The van der Waals surface area contributed by atoms with Crippen molar-refractivity contribution in [2.75, 3.05) is 43.5 Å². The van der Waals surface area contributed by atoms with Crippen LogP contribution in [0.5, 0.6) is 11.5 Å². The molecule has 0 fully saturated rings. The quantitative estimate of drug-likeness (QED) is 0.687. The van der Waals surface area contributed by atoms with E-state index in [1.54, 1.807) is 25.3 Å². The van der Waals surface area contributed by atoms with E-state index < -0.39 is 10.0 Å². The topological polar surface area (TPSA) is 85.9 Å². The maximum atomic E-state index is 12.6. The van der Waals surface area contributed by atoms with Crippen LogP contribution in [-0.4, -0.2) is 41.9 Å². The zero-order valence-electron chi connectivity index (χ0n) is 14.5. The van der Waals surface area contributed by atoms with Crippen molar-refractivity contribution in [3.05, 3.63) is 42.5 Å². The molecule has 1 heterocycles. The molecule has 0 spiro atoms. The van der Waals surface area contributed by atoms with Gasteiger partial charge in [-0.15, -0.1) is 0 Å². The average Bonchev–Trinajstić information content (AvgIpc) is 2.66. The Kier molecular flexibility index (Phi) is 5.85. The summed E-state index contributed by atoms with van der Waals surface area (Å²) < 4.78 is 43.6. The van der Waals surface area contributed by atoms with E-state index in [1.807, 2.05) is 12.1 Å². The molecule has 2 aromatic carbocycles. The number of rotatable bonds is 8. The first kappa shape index (κ1) is 18.3. The molecule has 0 bridgehead atoms. The van der Waals surface area contributed by atoms with E-state index in [2.05, 4.69) is 10.0 Å². The first-order valence-corrected chi connectivity index (χ1v) is 9.82. The highest BCUT2D eigenvalue weighted by molar-refractivity contribution is 7.92. The second kappa shape index (κ2) is 8.29. The third kappa shape index (κ3) is 4.59. The zero-order chi connectivity index (χ0) is 18.4. The minimum atomic E-state index is -3.71. The molecular weight excluding hydrogens is 356 g/mol. The lowest BCUT2D eigenvalue weighted by Crippen LogP contribution is -2.17. The van der Waals surface area contributed by atoms with Crippen molar-refractivity contribution in [1.82, 2.24) is 0 Å². The summed E-state index contributed by atoms with van der Waals surface area (Å²) in [7, 11) is -2.04. The molecule has 0 aromatic heterocycles. The predicted molar refractivity (Wildman–Crippen MR) is 99.7 cm³/mol. The van der Waals surface area contributed by atoms with Crippen molar-refractivity contribution in [2.45, 2.75) is 11.3 Å². The van der Waals surface area contributed by atoms with Crippen molar-refractivity contribution >= 4 is 21.4 Å². The molecule has 2 aromatic rings. The fourth-order valence-corrected chi connectivity index (χ4v) is 3.58. The maximum Gasteiger partial charge on any atom is 0.262 e. The molecule has 8 heteroatoms. The normalized spacial score (nSPS) is 13.3. The Labute approximate surface area is 153 Å². The Bertz CT molecular complexity index is 837. The number of hydrogen-bond donors (Lipinski definition) is 2. The van der Waals surface area contributed by atoms with Crippen molar-refractivity contribution in [3.8, 4) is 11.5 Å². The molecule has 1 aliphatic heterocycles. The summed E-state index contributed by atoms with van der Waals surface area (Å²) in [6.07, 6.45) is 0.898. The van der Waals surface area contributed by atoms with Crippen molar-refractivity contribution < 1.29 is 22.6 Å². The second-order valence-electron chi connectivity index (χ2n) is 5.76. The van der Waals surface area contributed by atoms with Crippen LogP contribution >= 0.6 is 0 Å². The monoisotopic (exact) mass is 378 g/mol. The zero-order valence-corrected chi connectivity index (χ0v) is 15.3. The molecule has 0 saturated carbocycles. The summed E-state index contributed by atoms with van der Waals surface area (Å²) in [6, 6.07) is 11.7. The minimum absolute atomic E-state index is 0.128. The lowest BCUT2D eigenvalue weighted by molar-refractivity contribution is 0.171. The van der Waals surface area contributed by atoms with Gasteiger partial charge in [0.15, 0.2) is 11.5 Å². The van der Waals surface area contributed by atoms with Gasteiger partial charge < -0.3 is 19.5 Å². The largest absolute Gasteiger partial charge is 0.486 e. The van der Waals surface area contributed by atoms with E-state index in [0.717, 1.165) is 18.7 Å². The number of anilines is 2. The summed E-state index contributed by atoms with van der Waals surface area (Å²) in [6.45, 7) is 2.35. The van der Waals surface area contributed by atoms with Crippen LogP contribution in [0.2, 0.25) is 0 Å². The van der Waals surface area contributed by atoms with Gasteiger partial charge in [-0.25, -0.2) is 8.42 Å². The van der Waals surface area contributed by atoms with E-state index >= 15 is 0 Å². The standard InChI is InChI=1S/C18H22N2O5S/c1-23-10-2-9-19-14-3-5-15(6-4-14)20-26(21,22)16-7-8-17-18(13-16)25-12-11-24-17/h3-8,13,19-20H,2,9-12H2,1H3. The minimum Gasteiger partial charge on any atom is -0.486 e. The molecule has 140 valence electrons. The summed E-state index contributed by atoms with van der Waals surface area (Å²) in [4.78, 5) is 0.128. The first-order valence-electron chi connectivity index (χ1n) is 8.34. The Hall–Kier alpha value is -2.45. The number of methoxy groups -OCH3 is 1. The van der Waals surface area contributed by atoms with Crippen LogP contribution in [0.3, 0.4) is 0 Å². The van der Waals surface area contributed by atoms with Gasteiger partial charge in [0, 0.05) is 37.7 Å². The highest BCUT2D eigenvalue weighted by atomic mass is 32.2.